The van der Waals surface area contributed by atoms with Gasteiger partial charge in [0.05, 0.1) is 12.2 Å². The summed E-state index contributed by atoms with van der Waals surface area (Å²) in [5.74, 6) is 2.08. The Morgan fingerprint density at radius 3 is 3.09 bits per heavy atom. The Bertz CT molecular complexity index is 622. The van der Waals surface area contributed by atoms with Crippen molar-refractivity contribution in [2.75, 3.05) is 20.6 Å². The van der Waals surface area contributed by atoms with Crippen LogP contribution in [0.5, 0.6) is 0 Å². The van der Waals surface area contributed by atoms with E-state index in [2.05, 4.69) is 26.2 Å². The Morgan fingerprint density at radius 1 is 1.43 bits per heavy atom. The molecule has 1 aliphatic heterocycles. The summed E-state index contributed by atoms with van der Waals surface area (Å²) in [5, 5.41) is 7.30. The lowest BCUT2D eigenvalue weighted by molar-refractivity contribution is 0.391. The van der Waals surface area contributed by atoms with Gasteiger partial charge in [-0.2, -0.15) is 0 Å². The summed E-state index contributed by atoms with van der Waals surface area (Å²) < 4.78 is 7.16. The van der Waals surface area contributed by atoms with Crippen molar-refractivity contribution < 1.29 is 4.52 Å². The van der Waals surface area contributed by atoms with Gasteiger partial charge in [-0.3, -0.25) is 4.99 Å². The monoisotopic (exact) mass is 316 g/mol. The molecular formula is C16H24N6O. The summed E-state index contributed by atoms with van der Waals surface area (Å²) in [5.41, 5.74) is 2.04. The third kappa shape index (κ3) is 3.91. The smallest absolute Gasteiger partial charge is 0.193 e. The van der Waals surface area contributed by atoms with Crippen LogP contribution in [0.25, 0.3) is 0 Å². The maximum absolute atomic E-state index is 4.86. The van der Waals surface area contributed by atoms with Crippen LogP contribution in [-0.2, 0) is 25.9 Å². The Balaban J connectivity index is 1.49. The second-order valence-corrected chi connectivity index (χ2v) is 5.87. The molecule has 0 radical (unpaired) electrons. The highest BCUT2D eigenvalue weighted by Crippen LogP contribution is 2.14. The molecule has 124 valence electrons. The van der Waals surface area contributed by atoms with E-state index in [-0.39, 0.29) is 0 Å². The molecule has 0 aromatic carbocycles. The van der Waals surface area contributed by atoms with Crippen LogP contribution in [-0.4, -0.2) is 46.2 Å². The molecule has 0 unspecified atom stereocenters. The van der Waals surface area contributed by atoms with Crippen molar-refractivity contribution in [2.45, 2.75) is 38.8 Å². The maximum atomic E-state index is 4.86. The van der Waals surface area contributed by atoms with Gasteiger partial charge >= 0.3 is 0 Å². The van der Waals surface area contributed by atoms with Crippen LogP contribution in [0.4, 0.5) is 0 Å². The minimum absolute atomic E-state index is 0.662. The second-order valence-electron chi connectivity index (χ2n) is 5.87. The van der Waals surface area contributed by atoms with Gasteiger partial charge in [0.15, 0.2) is 5.96 Å². The topological polar surface area (TPSA) is 71.5 Å². The van der Waals surface area contributed by atoms with Crippen molar-refractivity contribution in [3.63, 3.8) is 0 Å². The molecule has 3 rings (SSSR count). The van der Waals surface area contributed by atoms with Gasteiger partial charge in [-0.15, -0.1) is 0 Å². The van der Waals surface area contributed by atoms with Crippen molar-refractivity contribution in [1.29, 1.82) is 0 Å². The molecule has 0 spiro atoms. The molecule has 7 nitrogen and oxygen atoms in total. The number of fused-ring (bicyclic) bond motifs is 1. The molecular weight excluding hydrogens is 292 g/mol. The van der Waals surface area contributed by atoms with E-state index >= 15 is 0 Å². The van der Waals surface area contributed by atoms with E-state index in [0.717, 1.165) is 43.3 Å². The molecule has 0 amide bonds. The van der Waals surface area contributed by atoms with Crippen molar-refractivity contribution in [2.24, 2.45) is 4.99 Å². The van der Waals surface area contributed by atoms with Crippen LogP contribution in [0.3, 0.4) is 0 Å². The van der Waals surface area contributed by atoms with Crippen molar-refractivity contribution in [3.8, 4) is 0 Å². The van der Waals surface area contributed by atoms with Gasteiger partial charge in [-0.25, -0.2) is 4.98 Å². The minimum Gasteiger partial charge on any atom is -0.364 e. The SMILES string of the molecule is CN=C(NCCc1cn2c(n1)CCCC2)N(C)Cc1ccon1. The molecule has 3 heterocycles. The summed E-state index contributed by atoms with van der Waals surface area (Å²) in [6, 6.07) is 1.86. The Morgan fingerprint density at radius 2 is 2.35 bits per heavy atom. The first kappa shape index (κ1) is 15.6. The number of nitrogens with one attached hydrogen (secondary N) is 1. The molecule has 1 N–H and O–H groups in total. The van der Waals surface area contributed by atoms with Crippen LogP contribution >= 0.6 is 0 Å². The zero-order chi connectivity index (χ0) is 16.1. The van der Waals surface area contributed by atoms with Crippen LogP contribution in [0.2, 0.25) is 0 Å². The third-order valence-corrected chi connectivity index (χ3v) is 4.09. The Labute approximate surface area is 136 Å². The lowest BCUT2D eigenvalue weighted by Crippen LogP contribution is -2.39. The van der Waals surface area contributed by atoms with Gasteiger partial charge in [0.2, 0.25) is 0 Å². The number of guanidine groups is 1. The molecule has 2 aromatic rings. The molecule has 0 fully saturated rings. The third-order valence-electron chi connectivity index (χ3n) is 4.09. The van der Waals surface area contributed by atoms with E-state index < -0.39 is 0 Å². The number of nitrogens with zero attached hydrogens (tertiary/aromatic N) is 5. The van der Waals surface area contributed by atoms with Crippen LogP contribution in [0, 0.1) is 0 Å². The molecule has 0 atom stereocenters. The predicted molar refractivity (Wildman–Crippen MR) is 88.2 cm³/mol. The zero-order valence-corrected chi connectivity index (χ0v) is 13.8. The van der Waals surface area contributed by atoms with Gasteiger partial charge < -0.3 is 19.3 Å². The summed E-state index contributed by atoms with van der Waals surface area (Å²) in [7, 11) is 3.77. The lowest BCUT2D eigenvalue weighted by atomic mass is 10.2. The first-order valence-electron chi connectivity index (χ1n) is 8.12. The van der Waals surface area contributed by atoms with Gasteiger partial charge in [0, 0.05) is 52.3 Å². The number of rotatable bonds is 5. The quantitative estimate of drug-likeness (QED) is 0.668. The summed E-state index contributed by atoms with van der Waals surface area (Å²) in [6.07, 6.45) is 8.30. The summed E-state index contributed by atoms with van der Waals surface area (Å²) in [6.45, 7) is 2.58. The largest absolute Gasteiger partial charge is 0.364 e. The average Bonchev–Trinajstić information content (AvgIpc) is 3.20. The average molecular weight is 316 g/mol. The second kappa shape index (κ2) is 7.30. The van der Waals surface area contributed by atoms with Gasteiger partial charge in [0.1, 0.15) is 17.8 Å². The first-order valence-corrected chi connectivity index (χ1v) is 8.12. The summed E-state index contributed by atoms with van der Waals surface area (Å²) in [4.78, 5) is 11.1. The number of hydrogen-bond acceptors (Lipinski definition) is 4. The van der Waals surface area contributed by atoms with Crippen LogP contribution in [0.15, 0.2) is 28.0 Å². The fourth-order valence-corrected chi connectivity index (χ4v) is 2.92. The maximum Gasteiger partial charge on any atom is 0.193 e. The fourth-order valence-electron chi connectivity index (χ4n) is 2.92. The lowest BCUT2D eigenvalue weighted by Gasteiger charge is -2.20. The van der Waals surface area contributed by atoms with Crippen LogP contribution < -0.4 is 5.32 Å². The predicted octanol–water partition coefficient (Wildman–Crippen LogP) is 1.46. The molecule has 0 saturated heterocycles. The van der Waals surface area contributed by atoms with E-state index in [4.69, 9.17) is 9.51 Å². The number of imidazole rings is 1. The van der Waals surface area contributed by atoms with Gasteiger partial charge in [-0.1, -0.05) is 5.16 Å². The zero-order valence-electron chi connectivity index (χ0n) is 13.8. The fraction of sp³-hybridized carbons (Fsp3) is 0.562. The number of hydrogen-bond donors (Lipinski definition) is 1. The minimum atomic E-state index is 0.662. The standard InChI is InChI=1S/C16H24N6O/c1-17-16(21(2)11-14-7-10-23-20-14)18-8-6-13-12-22-9-4-3-5-15(22)19-13/h7,10,12H,3-6,8-9,11H2,1-2H3,(H,17,18). The molecule has 0 aliphatic carbocycles. The molecule has 1 aliphatic rings. The first-order chi connectivity index (χ1) is 11.3. The van der Waals surface area contributed by atoms with E-state index in [1.54, 1.807) is 13.3 Å². The van der Waals surface area contributed by atoms with Crippen LogP contribution in [0.1, 0.15) is 30.1 Å². The van der Waals surface area contributed by atoms with Crippen molar-refractivity contribution in [3.05, 3.63) is 35.7 Å². The number of aliphatic imine (C=N–C) groups is 1. The molecule has 0 saturated carbocycles. The Kier molecular flexibility index (Phi) is 4.95. The van der Waals surface area contributed by atoms with Crippen molar-refractivity contribution >= 4 is 5.96 Å². The van der Waals surface area contributed by atoms with E-state index in [0.29, 0.717) is 6.54 Å². The highest BCUT2D eigenvalue weighted by molar-refractivity contribution is 5.79. The summed E-state index contributed by atoms with van der Waals surface area (Å²) >= 11 is 0. The molecule has 0 bridgehead atoms. The van der Waals surface area contributed by atoms with E-state index in [1.807, 2.05) is 18.0 Å². The number of aromatic nitrogens is 3. The van der Waals surface area contributed by atoms with Crippen molar-refractivity contribution in [1.82, 2.24) is 24.9 Å². The van der Waals surface area contributed by atoms with E-state index in [1.165, 1.54) is 18.7 Å². The normalized spacial score (nSPS) is 14.6. The highest BCUT2D eigenvalue weighted by atomic mass is 16.5. The number of aryl methyl sites for hydroxylation is 2. The molecule has 2 aromatic heterocycles. The van der Waals surface area contributed by atoms with Gasteiger partial charge in [0.25, 0.3) is 0 Å². The highest BCUT2D eigenvalue weighted by Gasteiger charge is 2.12. The molecule has 7 heteroatoms. The Hall–Kier alpha value is -2.31. The molecule has 23 heavy (non-hydrogen) atoms. The van der Waals surface area contributed by atoms with E-state index in [9.17, 15) is 0 Å². The van der Waals surface area contributed by atoms with Gasteiger partial charge in [-0.05, 0) is 12.8 Å².